The van der Waals surface area contributed by atoms with Gasteiger partial charge in [0.15, 0.2) is 5.60 Å². The third kappa shape index (κ3) is 4.07. The molecular weight excluding hydrogens is 359 g/mol. The average Bonchev–Trinajstić information content (AvgIpc) is 3.18. The quantitative estimate of drug-likeness (QED) is 0.756. The van der Waals surface area contributed by atoms with Gasteiger partial charge in [0, 0.05) is 12.1 Å². The van der Waals surface area contributed by atoms with Gasteiger partial charge in [0.2, 0.25) is 0 Å². The minimum absolute atomic E-state index is 0.160. The van der Waals surface area contributed by atoms with Crippen LogP contribution >= 0.6 is 23.2 Å². The molecule has 4 nitrogen and oxygen atoms in total. The fourth-order valence-corrected chi connectivity index (χ4v) is 3.12. The molecule has 1 N–H and O–H groups in total. The van der Waals surface area contributed by atoms with E-state index >= 15 is 0 Å². The first-order valence-electron chi connectivity index (χ1n) is 8.09. The zero-order chi connectivity index (χ0) is 18.2. The molecule has 1 fully saturated rings. The van der Waals surface area contributed by atoms with Crippen LogP contribution in [0.3, 0.4) is 0 Å². The lowest BCUT2D eigenvalue weighted by Gasteiger charge is -2.25. The third-order valence-corrected chi connectivity index (χ3v) is 5.11. The summed E-state index contributed by atoms with van der Waals surface area (Å²) < 4.78 is 5.23. The van der Waals surface area contributed by atoms with Gasteiger partial charge in [0.05, 0.1) is 0 Å². The molecule has 6 heteroatoms. The van der Waals surface area contributed by atoms with Crippen LogP contribution < -0.4 is 10.1 Å². The highest BCUT2D eigenvalue weighted by Crippen LogP contribution is 2.59. The van der Waals surface area contributed by atoms with Crippen LogP contribution in [-0.4, -0.2) is 20.8 Å². The fraction of sp³-hybridized carbons (Fsp3) is 0.368. The molecule has 1 aliphatic carbocycles. The van der Waals surface area contributed by atoms with E-state index in [1.165, 1.54) is 0 Å². The summed E-state index contributed by atoms with van der Waals surface area (Å²) in [7, 11) is 0. The summed E-state index contributed by atoms with van der Waals surface area (Å²) in [6.45, 7) is 5.33. The van der Waals surface area contributed by atoms with Crippen LogP contribution in [0.2, 0.25) is 0 Å². The number of halogens is 2. The van der Waals surface area contributed by atoms with Crippen molar-refractivity contribution < 1.29 is 9.53 Å². The van der Waals surface area contributed by atoms with Gasteiger partial charge in [-0.1, -0.05) is 18.2 Å². The molecule has 0 radical (unpaired) electrons. The number of ether oxygens (including phenoxy) is 1. The smallest absolute Gasteiger partial charge is 0.269 e. The normalized spacial score (nSPS) is 18.5. The number of carbonyl (C=O) groups excluding carboxylic acids is 1. The highest BCUT2D eigenvalue weighted by molar-refractivity contribution is 6.51. The lowest BCUT2D eigenvalue weighted by molar-refractivity contribution is -0.128. The number of amides is 1. The largest absolute Gasteiger partial charge is 0.478 e. The number of aromatic nitrogens is 1. The van der Waals surface area contributed by atoms with Crippen LogP contribution in [0.5, 0.6) is 5.75 Å². The number of benzene rings is 1. The number of pyridine rings is 1. The molecule has 2 aromatic rings. The first kappa shape index (κ1) is 18.0. The monoisotopic (exact) mass is 378 g/mol. The maximum atomic E-state index is 12.6. The van der Waals surface area contributed by atoms with Gasteiger partial charge in [-0.15, -0.1) is 23.2 Å². The number of aryl methyl sites for hydroxylation is 1. The molecule has 25 heavy (non-hydrogen) atoms. The number of carbonyl (C=O) groups is 1. The first-order valence-corrected chi connectivity index (χ1v) is 8.84. The molecular formula is C19H20Cl2N2O2. The van der Waals surface area contributed by atoms with Crippen molar-refractivity contribution in [3.8, 4) is 5.75 Å². The predicted molar refractivity (Wildman–Crippen MR) is 101 cm³/mol. The van der Waals surface area contributed by atoms with Crippen LogP contribution in [0.25, 0.3) is 0 Å². The van der Waals surface area contributed by atoms with Crippen LogP contribution in [0.4, 0.5) is 5.82 Å². The third-order valence-electron chi connectivity index (χ3n) is 4.27. The molecule has 1 amide bonds. The van der Waals surface area contributed by atoms with Crippen molar-refractivity contribution in [2.24, 2.45) is 0 Å². The van der Waals surface area contributed by atoms with Gasteiger partial charge in [-0.2, -0.15) is 0 Å². The van der Waals surface area contributed by atoms with Crippen molar-refractivity contribution in [1.29, 1.82) is 0 Å². The Morgan fingerprint density at radius 2 is 1.92 bits per heavy atom. The van der Waals surface area contributed by atoms with E-state index in [-0.39, 0.29) is 11.8 Å². The van der Waals surface area contributed by atoms with Gasteiger partial charge >= 0.3 is 0 Å². The Hall–Kier alpha value is -1.78. The Kier molecular flexibility index (Phi) is 4.69. The predicted octanol–water partition coefficient (Wildman–Crippen LogP) is 4.85. The maximum absolute atomic E-state index is 12.6. The van der Waals surface area contributed by atoms with E-state index in [1.807, 2.05) is 43.3 Å². The molecule has 0 saturated heterocycles. The second kappa shape index (κ2) is 6.50. The van der Waals surface area contributed by atoms with E-state index in [2.05, 4.69) is 10.3 Å². The van der Waals surface area contributed by atoms with Crippen LogP contribution in [0, 0.1) is 6.92 Å². The van der Waals surface area contributed by atoms with E-state index in [0.29, 0.717) is 11.6 Å². The summed E-state index contributed by atoms with van der Waals surface area (Å²) in [5.41, 5.74) is 0.920. The minimum Gasteiger partial charge on any atom is -0.478 e. The average molecular weight is 379 g/mol. The SMILES string of the molecule is Cc1cccnc1NC(=O)C(C)(C)Oc1ccc([C@@H]2CC2(Cl)Cl)cc1. The topological polar surface area (TPSA) is 51.2 Å². The molecule has 3 rings (SSSR count). The number of alkyl halides is 2. The van der Waals surface area contributed by atoms with Crippen molar-refractivity contribution in [3.63, 3.8) is 0 Å². The van der Waals surface area contributed by atoms with Crippen LogP contribution in [-0.2, 0) is 4.79 Å². The van der Waals surface area contributed by atoms with E-state index < -0.39 is 9.93 Å². The van der Waals surface area contributed by atoms with Crippen molar-refractivity contribution in [1.82, 2.24) is 4.98 Å². The van der Waals surface area contributed by atoms with E-state index in [9.17, 15) is 4.79 Å². The first-order chi connectivity index (χ1) is 11.7. The Morgan fingerprint density at radius 3 is 2.48 bits per heavy atom. The van der Waals surface area contributed by atoms with Crippen molar-refractivity contribution in [2.75, 3.05) is 5.32 Å². The van der Waals surface area contributed by atoms with E-state index in [0.717, 1.165) is 17.5 Å². The van der Waals surface area contributed by atoms with E-state index in [1.54, 1.807) is 20.0 Å². The van der Waals surface area contributed by atoms with Gasteiger partial charge in [-0.05, 0) is 56.5 Å². The van der Waals surface area contributed by atoms with Crippen molar-refractivity contribution in [3.05, 3.63) is 53.7 Å². The molecule has 1 aromatic heterocycles. The lowest BCUT2D eigenvalue weighted by atomic mass is 10.1. The summed E-state index contributed by atoms with van der Waals surface area (Å²) in [5.74, 6) is 1.04. The summed E-state index contributed by atoms with van der Waals surface area (Å²) in [5, 5.41) is 2.81. The Labute approximate surface area is 157 Å². The van der Waals surface area contributed by atoms with Crippen molar-refractivity contribution >= 4 is 34.9 Å². The number of hydrogen-bond donors (Lipinski definition) is 1. The molecule has 1 heterocycles. The highest BCUT2D eigenvalue weighted by atomic mass is 35.5. The zero-order valence-electron chi connectivity index (χ0n) is 14.3. The van der Waals surface area contributed by atoms with Crippen molar-refractivity contribution in [2.45, 2.75) is 43.0 Å². The minimum atomic E-state index is -1.05. The number of hydrogen-bond acceptors (Lipinski definition) is 3. The Bertz CT molecular complexity index is 788. The molecule has 0 bridgehead atoms. The Morgan fingerprint density at radius 1 is 1.28 bits per heavy atom. The van der Waals surface area contributed by atoms with Gasteiger partial charge in [0.25, 0.3) is 5.91 Å². The summed E-state index contributed by atoms with van der Waals surface area (Å²) in [6, 6.07) is 11.2. The fourth-order valence-electron chi connectivity index (χ4n) is 2.56. The zero-order valence-corrected chi connectivity index (χ0v) is 15.9. The second-order valence-electron chi connectivity index (χ2n) is 6.82. The maximum Gasteiger partial charge on any atom is 0.269 e. The molecule has 0 unspecified atom stereocenters. The van der Waals surface area contributed by atoms with Crippen LogP contribution in [0.1, 0.15) is 37.3 Å². The summed E-state index contributed by atoms with van der Waals surface area (Å²) >= 11 is 12.2. The van der Waals surface area contributed by atoms with Gasteiger partial charge in [0.1, 0.15) is 15.9 Å². The number of rotatable bonds is 5. The number of nitrogens with zero attached hydrogens (tertiary/aromatic N) is 1. The second-order valence-corrected chi connectivity index (χ2v) is 8.36. The molecule has 0 aliphatic heterocycles. The standard InChI is InChI=1S/C19H20Cl2N2O2/c1-12-5-4-10-22-16(12)23-17(24)18(2,3)25-14-8-6-13(7-9-14)15-11-19(15,20)21/h4-10,15H,11H2,1-3H3,(H,22,23,24)/t15-/m0/s1. The highest BCUT2D eigenvalue weighted by Gasteiger charge is 2.52. The molecule has 132 valence electrons. The van der Waals surface area contributed by atoms with Gasteiger partial charge < -0.3 is 10.1 Å². The van der Waals surface area contributed by atoms with Gasteiger partial charge in [-0.3, -0.25) is 4.79 Å². The number of anilines is 1. The summed E-state index contributed by atoms with van der Waals surface area (Å²) in [6.07, 6.45) is 2.40. The van der Waals surface area contributed by atoms with Crippen LogP contribution in [0.15, 0.2) is 42.6 Å². The molecule has 1 aromatic carbocycles. The Balaban J connectivity index is 1.66. The molecule has 1 saturated carbocycles. The van der Waals surface area contributed by atoms with Gasteiger partial charge in [-0.25, -0.2) is 4.98 Å². The van der Waals surface area contributed by atoms with E-state index in [4.69, 9.17) is 27.9 Å². The summed E-state index contributed by atoms with van der Waals surface area (Å²) in [4.78, 5) is 16.7. The molecule has 1 atom stereocenters. The molecule has 1 aliphatic rings. The lowest BCUT2D eigenvalue weighted by Crippen LogP contribution is -2.42. The molecule has 0 spiro atoms. The number of nitrogens with one attached hydrogen (secondary N) is 1.